The van der Waals surface area contributed by atoms with Crippen LogP contribution in [0.25, 0.3) is 11.8 Å². The molecule has 0 saturated heterocycles. The van der Waals surface area contributed by atoms with Gasteiger partial charge >= 0.3 is 0 Å². The van der Waals surface area contributed by atoms with Gasteiger partial charge in [0.05, 0.1) is 10.6 Å². The second-order valence-electron chi connectivity index (χ2n) is 9.61. The molecule has 3 aromatic carbocycles. The third-order valence-corrected chi connectivity index (χ3v) is 8.51. The van der Waals surface area contributed by atoms with Gasteiger partial charge < -0.3 is 10.2 Å². The van der Waals surface area contributed by atoms with Crippen LogP contribution in [0.2, 0.25) is 5.02 Å². The first-order valence-electron chi connectivity index (χ1n) is 13.1. The van der Waals surface area contributed by atoms with Crippen LogP contribution in [-0.2, 0) is 21.2 Å². The van der Waals surface area contributed by atoms with Crippen LogP contribution in [0.3, 0.4) is 0 Å². The highest BCUT2D eigenvalue weighted by Gasteiger charge is 2.28. The van der Waals surface area contributed by atoms with Crippen molar-refractivity contribution in [3.63, 3.8) is 0 Å². The Morgan fingerprint density at radius 3 is 2.33 bits per heavy atom. The van der Waals surface area contributed by atoms with E-state index < -0.39 is 10.0 Å². The normalized spacial score (nSPS) is 14.4. The van der Waals surface area contributed by atoms with Crippen molar-refractivity contribution in [3.05, 3.63) is 112 Å². The fourth-order valence-corrected chi connectivity index (χ4v) is 5.74. The number of carbonyl (C=O) groups is 1. The number of amides is 1. The van der Waals surface area contributed by atoms with Crippen LogP contribution in [0.4, 0.5) is 0 Å². The maximum absolute atomic E-state index is 13.5. The minimum Gasteiger partial charge on any atom is -0.362 e. The van der Waals surface area contributed by atoms with Crippen molar-refractivity contribution in [1.82, 2.24) is 14.9 Å². The number of aryl methyl sites for hydroxylation is 1. The van der Waals surface area contributed by atoms with Gasteiger partial charge in [0.25, 0.3) is 15.9 Å². The summed E-state index contributed by atoms with van der Waals surface area (Å²) in [4.78, 5) is 15.4. The summed E-state index contributed by atoms with van der Waals surface area (Å²) in [6, 6.07) is 22.1. The lowest BCUT2D eigenvalue weighted by Gasteiger charge is -2.21. The Kier molecular flexibility index (Phi) is 9.79. The molecule has 3 aromatic rings. The molecule has 208 valence electrons. The number of benzene rings is 3. The molecule has 6 nitrogen and oxygen atoms in total. The van der Waals surface area contributed by atoms with Crippen LogP contribution in [0, 0.1) is 6.92 Å². The summed E-state index contributed by atoms with van der Waals surface area (Å²) in [5, 5.41) is 3.63. The fourth-order valence-electron chi connectivity index (χ4n) is 4.25. The highest BCUT2D eigenvalue weighted by Crippen LogP contribution is 2.31. The van der Waals surface area contributed by atoms with E-state index in [1.54, 1.807) is 41.3 Å². The number of carbonyl (C=O) groups excluding carboxylic acids is 1. The quantitative estimate of drug-likeness (QED) is 0.168. The van der Waals surface area contributed by atoms with Gasteiger partial charge in [-0.15, -0.1) is 0 Å². The van der Waals surface area contributed by atoms with E-state index in [1.807, 2.05) is 62.4 Å². The summed E-state index contributed by atoms with van der Waals surface area (Å²) in [5.74, 6) is -0.0852. The zero-order chi connectivity index (χ0) is 28.7. The van der Waals surface area contributed by atoms with Crippen LogP contribution < -0.4 is 10.0 Å². The molecule has 1 aliphatic rings. The molecule has 2 N–H and O–H groups in total. The van der Waals surface area contributed by atoms with Crippen molar-refractivity contribution in [2.24, 2.45) is 0 Å². The fraction of sp³-hybridized carbons (Fsp3) is 0.226. The average Bonchev–Trinajstić information content (AvgIpc) is 3.24. The van der Waals surface area contributed by atoms with Crippen LogP contribution >= 0.6 is 23.8 Å². The van der Waals surface area contributed by atoms with Gasteiger partial charge in [-0.25, -0.2) is 8.42 Å². The molecule has 0 aliphatic carbocycles. The Hall–Kier alpha value is -3.46. The minimum absolute atomic E-state index is 0.0852. The summed E-state index contributed by atoms with van der Waals surface area (Å²) in [6.45, 7) is 5.12. The Labute approximate surface area is 246 Å². The van der Waals surface area contributed by atoms with Gasteiger partial charge in [0.1, 0.15) is 0 Å². The van der Waals surface area contributed by atoms with Crippen molar-refractivity contribution < 1.29 is 13.2 Å². The zero-order valence-electron chi connectivity index (χ0n) is 22.5. The summed E-state index contributed by atoms with van der Waals surface area (Å²) < 4.78 is 27.8. The molecule has 1 amide bonds. The Morgan fingerprint density at radius 2 is 1.68 bits per heavy atom. The van der Waals surface area contributed by atoms with Gasteiger partial charge in [-0.3, -0.25) is 9.52 Å². The number of nitrogens with zero attached hydrogens (tertiary/aromatic N) is 1. The highest BCUT2D eigenvalue weighted by atomic mass is 35.5. The van der Waals surface area contributed by atoms with Gasteiger partial charge in [0.2, 0.25) is 0 Å². The SMILES string of the molecule is CCCCNC(=S)NS(=O)(=O)c1ccc(CCN2C(=O)/C(=C\c3ccc(Cl)cc3)C=C2c2ccc(C)cc2)cc1. The molecular formula is C31H32ClN3O3S2. The lowest BCUT2D eigenvalue weighted by Crippen LogP contribution is -2.39. The number of hydrogen-bond donors (Lipinski definition) is 2. The van der Waals surface area contributed by atoms with Gasteiger partial charge in [-0.1, -0.05) is 79.0 Å². The van der Waals surface area contributed by atoms with Crippen LogP contribution in [0.1, 0.15) is 42.0 Å². The van der Waals surface area contributed by atoms with E-state index in [0.717, 1.165) is 40.8 Å². The van der Waals surface area contributed by atoms with E-state index in [1.165, 1.54) is 0 Å². The number of hydrogen-bond acceptors (Lipinski definition) is 4. The second-order valence-corrected chi connectivity index (χ2v) is 12.1. The number of rotatable bonds is 10. The predicted octanol–water partition coefficient (Wildman–Crippen LogP) is 6.11. The largest absolute Gasteiger partial charge is 0.362 e. The number of nitrogens with one attached hydrogen (secondary N) is 2. The highest BCUT2D eigenvalue weighted by molar-refractivity contribution is 7.91. The molecule has 0 saturated carbocycles. The van der Waals surface area contributed by atoms with Crippen LogP contribution in [0.15, 0.2) is 89.3 Å². The van der Waals surface area contributed by atoms with E-state index in [-0.39, 0.29) is 15.9 Å². The molecule has 0 bridgehead atoms. The van der Waals surface area contributed by atoms with E-state index in [9.17, 15) is 13.2 Å². The molecule has 1 heterocycles. The number of unbranched alkanes of at least 4 members (excludes halogenated alkanes) is 1. The number of sulfonamides is 1. The van der Waals surface area contributed by atoms with E-state index in [4.69, 9.17) is 23.8 Å². The molecule has 0 radical (unpaired) electrons. The standard InChI is InChI=1S/C31H32ClN3O3S2/c1-3-4-18-33-31(39)34-40(37,38)28-15-9-23(10-16-28)17-19-35-29(25-11-5-22(2)6-12-25)21-26(30(35)36)20-24-7-13-27(32)14-8-24/h5-16,20-21H,3-4,17-19H2,1-2H3,(H2,33,34,39)/b26-20-. The maximum Gasteiger partial charge on any atom is 0.263 e. The molecular weight excluding hydrogens is 562 g/mol. The summed E-state index contributed by atoms with van der Waals surface area (Å²) in [5.41, 5.74) is 5.31. The van der Waals surface area contributed by atoms with Gasteiger partial charge in [-0.05, 0) is 85.1 Å². The van der Waals surface area contributed by atoms with E-state index in [2.05, 4.69) is 10.0 Å². The summed E-state index contributed by atoms with van der Waals surface area (Å²) in [6.07, 6.45) is 6.21. The lowest BCUT2D eigenvalue weighted by molar-refractivity contribution is -0.122. The molecule has 0 fully saturated rings. The summed E-state index contributed by atoms with van der Waals surface area (Å²) >= 11 is 11.1. The second kappa shape index (κ2) is 13.3. The van der Waals surface area contributed by atoms with E-state index >= 15 is 0 Å². The molecule has 0 atom stereocenters. The number of halogens is 1. The lowest BCUT2D eigenvalue weighted by atomic mass is 10.1. The third-order valence-electron chi connectivity index (χ3n) is 6.52. The number of thiocarbonyl (C=S) groups is 1. The first-order chi connectivity index (χ1) is 19.2. The molecule has 40 heavy (non-hydrogen) atoms. The van der Waals surface area contributed by atoms with E-state index in [0.29, 0.717) is 30.1 Å². The van der Waals surface area contributed by atoms with Gasteiger partial charge in [0.15, 0.2) is 5.11 Å². The molecule has 0 spiro atoms. The monoisotopic (exact) mass is 593 g/mol. The predicted molar refractivity (Wildman–Crippen MR) is 166 cm³/mol. The zero-order valence-corrected chi connectivity index (χ0v) is 24.9. The first kappa shape index (κ1) is 29.5. The van der Waals surface area contributed by atoms with Gasteiger partial charge in [-0.2, -0.15) is 0 Å². The smallest absolute Gasteiger partial charge is 0.263 e. The van der Waals surface area contributed by atoms with Crippen molar-refractivity contribution in [2.45, 2.75) is 38.0 Å². The van der Waals surface area contributed by atoms with Gasteiger partial charge in [0, 0.05) is 23.7 Å². The van der Waals surface area contributed by atoms with Crippen molar-refractivity contribution in [2.75, 3.05) is 13.1 Å². The van der Waals surface area contributed by atoms with Crippen molar-refractivity contribution >= 4 is 56.6 Å². The average molecular weight is 594 g/mol. The summed E-state index contributed by atoms with van der Waals surface area (Å²) in [7, 11) is -3.78. The first-order valence-corrected chi connectivity index (χ1v) is 15.4. The van der Waals surface area contributed by atoms with Crippen LogP contribution in [-0.4, -0.2) is 37.4 Å². The minimum atomic E-state index is -3.78. The Morgan fingerprint density at radius 1 is 1.00 bits per heavy atom. The topological polar surface area (TPSA) is 78.5 Å². The Balaban J connectivity index is 1.49. The third kappa shape index (κ3) is 7.59. The Bertz CT molecular complexity index is 1530. The van der Waals surface area contributed by atoms with Crippen molar-refractivity contribution in [1.29, 1.82) is 0 Å². The molecule has 0 unspecified atom stereocenters. The maximum atomic E-state index is 13.5. The molecule has 4 rings (SSSR count). The van der Waals surface area contributed by atoms with Crippen molar-refractivity contribution in [3.8, 4) is 0 Å². The molecule has 1 aliphatic heterocycles. The molecule has 9 heteroatoms. The molecule has 0 aromatic heterocycles. The van der Waals surface area contributed by atoms with Crippen LogP contribution in [0.5, 0.6) is 0 Å².